The van der Waals surface area contributed by atoms with Gasteiger partial charge in [0.25, 0.3) is 0 Å². The second kappa shape index (κ2) is 5.60. The quantitative estimate of drug-likeness (QED) is 0.858. The van der Waals surface area contributed by atoms with Crippen LogP contribution >= 0.6 is 0 Å². The number of carbonyl (C=O) groups is 1. The Morgan fingerprint density at radius 3 is 2.95 bits per heavy atom. The van der Waals surface area contributed by atoms with Crippen molar-refractivity contribution in [3.63, 3.8) is 0 Å². The molecule has 1 aliphatic carbocycles. The summed E-state index contributed by atoms with van der Waals surface area (Å²) in [6.45, 7) is 0.232. The number of aromatic amines is 1. The second-order valence-electron chi connectivity index (χ2n) is 5.54. The maximum Gasteiger partial charge on any atom is 0.340 e. The van der Waals surface area contributed by atoms with E-state index < -0.39 is 0 Å². The van der Waals surface area contributed by atoms with E-state index in [0.29, 0.717) is 11.5 Å². The molecule has 1 saturated carbocycles. The molecule has 2 aromatic rings. The number of carbonyl (C=O) groups excluding carboxylic acids is 1. The number of hydrogen-bond acceptors (Lipinski definition) is 4. The number of anilines is 1. The van der Waals surface area contributed by atoms with Gasteiger partial charge in [-0.2, -0.15) is 0 Å². The molecule has 1 aliphatic rings. The third kappa shape index (κ3) is 2.91. The van der Waals surface area contributed by atoms with Crippen LogP contribution in [0.4, 0.5) is 5.82 Å². The van der Waals surface area contributed by atoms with Crippen LogP contribution in [0, 0.1) is 0 Å². The van der Waals surface area contributed by atoms with Crippen LogP contribution in [0.15, 0.2) is 30.6 Å². The summed E-state index contributed by atoms with van der Waals surface area (Å²) >= 11 is 0. The van der Waals surface area contributed by atoms with Gasteiger partial charge < -0.3 is 14.6 Å². The average molecular weight is 285 g/mol. The van der Waals surface area contributed by atoms with E-state index in [9.17, 15) is 4.79 Å². The SMILES string of the molecule is CN(C)c1ncccc1COC(=O)c1cc[nH]c1C1CC1. The minimum atomic E-state index is -0.272. The van der Waals surface area contributed by atoms with E-state index in [4.69, 9.17) is 4.74 Å². The highest BCUT2D eigenvalue weighted by Crippen LogP contribution is 2.40. The molecule has 0 spiro atoms. The lowest BCUT2D eigenvalue weighted by Crippen LogP contribution is -2.14. The first-order valence-corrected chi connectivity index (χ1v) is 7.12. The van der Waals surface area contributed by atoms with Gasteiger partial charge in [0.2, 0.25) is 0 Å². The van der Waals surface area contributed by atoms with E-state index >= 15 is 0 Å². The lowest BCUT2D eigenvalue weighted by atomic mass is 10.2. The number of pyridine rings is 1. The topological polar surface area (TPSA) is 58.2 Å². The fraction of sp³-hybridized carbons (Fsp3) is 0.375. The molecule has 1 N–H and O–H groups in total. The van der Waals surface area contributed by atoms with Gasteiger partial charge in [-0.15, -0.1) is 0 Å². The molecular weight excluding hydrogens is 266 g/mol. The first-order chi connectivity index (χ1) is 10.2. The Bertz CT molecular complexity index is 644. The Labute approximate surface area is 124 Å². The van der Waals surface area contributed by atoms with Crippen molar-refractivity contribution in [1.29, 1.82) is 0 Å². The summed E-state index contributed by atoms with van der Waals surface area (Å²) in [5.74, 6) is 1.05. The van der Waals surface area contributed by atoms with Crippen molar-refractivity contribution in [2.45, 2.75) is 25.4 Å². The lowest BCUT2D eigenvalue weighted by Gasteiger charge is -2.15. The first kappa shape index (κ1) is 13.7. The minimum absolute atomic E-state index is 0.232. The third-order valence-corrected chi connectivity index (χ3v) is 3.63. The Morgan fingerprint density at radius 2 is 2.24 bits per heavy atom. The van der Waals surface area contributed by atoms with Gasteiger partial charge in [0.1, 0.15) is 12.4 Å². The van der Waals surface area contributed by atoms with Crippen LogP contribution in [0.2, 0.25) is 0 Å². The number of esters is 1. The fourth-order valence-electron chi connectivity index (χ4n) is 2.44. The van der Waals surface area contributed by atoms with Crippen LogP contribution < -0.4 is 4.90 Å². The van der Waals surface area contributed by atoms with E-state index in [-0.39, 0.29) is 12.6 Å². The molecule has 0 unspecified atom stereocenters. The van der Waals surface area contributed by atoms with Gasteiger partial charge >= 0.3 is 5.97 Å². The van der Waals surface area contributed by atoms with Crippen molar-refractivity contribution in [2.75, 3.05) is 19.0 Å². The molecular formula is C16H19N3O2. The monoisotopic (exact) mass is 285 g/mol. The second-order valence-corrected chi connectivity index (χ2v) is 5.54. The normalized spacial score (nSPS) is 14.0. The van der Waals surface area contributed by atoms with Gasteiger partial charge in [-0.1, -0.05) is 6.07 Å². The number of aromatic nitrogens is 2. The maximum atomic E-state index is 12.2. The minimum Gasteiger partial charge on any atom is -0.457 e. The summed E-state index contributed by atoms with van der Waals surface area (Å²) in [5.41, 5.74) is 2.58. The Morgan fingerprint density at radius 1 is 1.43 bits per heavy atom. The van der Waals surface area contributed by atoms with Gasteiger partial charge in [-0.05, 0) is 30.9 Å². The average Bonchev–Trinajstić information content (AvgIpc) is 3.22. The zero-order valence-electron chi connectivity index (χ0n) is 12.3. The number of nitrogens with one attached hydrogen (secondary N) is 1. The number of nitrogens with zero attached hydrogens (tertiary/aromatic N) is 2. The van der Waals surface area contributed by atoms with E-state index in [0.717, 1.165) is 29.9 Å². The van der Waals surface area contributed by atoms with Crippen molar-refractivity contribution in [1.82, 2.24) is 9.97 Å². The summed E-state index contributed by atoms with van der Waals surface area (Å²) in [7, 11) is 3.84. The molecule has 0 amide bonds. The molecule has 0 aliphatic heterocycles. The lowest BCUT2D eigenvalue weighted by molar-refractivity contribution is 0.0472. The van der Waals surface area contributed by atoms with Gasteiger partial charge in [-0.25, -0.2) is 9.78 Å². The summed E-state index contributed by atoms with van der Waals surface area (Å²) in [4.78, 5) is 21.6. The zero-order valence-corrected chi connectivity index (χ0v) is 12.3. The van der Waals surface area contributed by atoms with Crippen LogP contribution in [0.3, 0.4) is 0 Å². The van der Waals surface area contributed by atoms with Gasteiger partial charge in [0.15, 0.2) is 0 Å². The van der Waals surface area contributed by atoms with Crippen molar-refractivity contribution < 1.29 is 9.53 Å². The van der Waals surface area contributed by atoms with Crippen molar-refractivity contribution in [3.8, 4) is 0 Å². The predicted molar refractivity (Wildman–Crippen MR) is 80.5 cm³/mol. The summed E-state index contributed by atoms with van der Waals surface area (Å²) in [6, 6.07) is 5.57. The molecule has 0 atom stereocenters. The zero-order chi connectivity index (χ0) is 14.8. The molecule has 21 heavy (non-hydrogen) atoms. The Balaban J connectivity index is 1.70. The maximum absolute atomic E-state index is 12.2. The summed E-state index contributed by atoms with van der Waals surface area (Å²) < 4.78 is 5.46. The first-order valence-electron chi connectivity index (χ1n) is 7.12. The van der Waals surface area contributed by atoms with Crippen molar-refractivity contribution in [2.24, 2.45) is 0 Å². The molecule has 0 saturated heterocycles. The van der Waals surface area contributed by atoms with Crippen LogP contribution in [0.25, 0.3) is 0 Å². The Kier molecular flexibility index (Phi) is 3.64. The molecule has 1 fully saturated rings. The summed E-state index contributed by atoms with van der Waals surface area (Å²) in [6.07, 6.45) is 5.83. The van der Waals surface area contributed by atoms with Gasteiger partial charge in [0, 0.05) is 37.7 Å². The molecule has 0 aromatic carbocycles. The van der Waals surface area contributed by atoms with Crippen LogP contribution in [-0.4, -0.2) is 30.0 Å². The van der Waals surface area contributed by atoms with Crippen molar-refractivity contribution >= 4 is 11.8 Å². The van der Waals surface area contributed by atoms with Crippen molar-refractivity contribution in [3.05, 3.63) is 47.4 Å². The highest BCUT2D eigenvalue weighted by Gasteiger charge is 2.29. The van der Waals surface area contributed by atoms with E-state index in [1.165, 1.54) is 0 Å². The molecule has 0 bridgehead atoms. The van der Waals surface area contributed by atoms with Gasteiger partial charge in [-0.3, -0.25) is 0 Å². The molecule has 0 radical (unpaired) electrons. The van der Waals surface area contributed by atoms with Gasteiger partial charge in [0.05, 0.1) is 5.56 Å². The van der Waals surface area contributed by atoms with Crippen LogP contribution in [0.1, 0.15) is 40.4 Å². The Hall–Kier alpha value is -2.30. The van der Waals surface area contributed by atoms with Crippen LogP contribution in [-0.2, 0) is 11.3 Å². The predicted octanol–water partition coefficient (Wildman–Crippen LogP) is 2.71. The van der Waals surface area contributed by atoms with E-state index in [2.05, 4.69) is 9.97 Å². The molecule has 2 heterocycles. The highest BCUT2D eigenvalue weighted by molar-refractivity contribution is 5.91. The fourth-order valence-corrected chi connectivity index (χ4v) is 2.44. The van der Waals surface area contributed by atoms with Crippen LogP contribution in [0.5, 0.6) is 0 Å². The number of ether oxygens (including phenoxy) is 1. The summed E-state index contributed by atoms with van der Waals surface area (Å²) in [5, 5.41) is 0. The number of rotatable bonds is 5. The smallest absolute Gasteiger partial charge is 0.340 e. The standard InChI is InChI=1S/C16H19N3O2/c1-19(2)15-12(4-3-8-18-15)10-21-16(20)13-7-9-17-14(13)11-5-6-11/h3-4,7-9,11,17H,5-6,10H2,1-2H3. The molecule has 3 rings (SSSR count). The third-order valence-electron chi connectivity index (χ3n) is 3.63. The molecule has 2 aromatic heterocycles. The number of H-pyrrole nitrogens is 1. The van der Waals surface area contributed by atoms with E-state index in [1.54, 1.807) is 18.5 Å². The molecule has 5 nitrogen and oxygen atoms in total. The largest absolute Gasteiger partial charge is 0.457 e. The molecule has 5 heteroatoms. The number of hydrogen-bond donors (Lipinski definition) is 1. The van der Waals surface area contributed by atoms with E-state index in [1.807, 2.05) is 31.1 Å². The highest BCUT2D eigenvalue weighted by atomic mass is 16.5. The molecule has 110 valence electrons.